The van der Waals surface area contributed by atoms with E-state index in [4.69, 9.17) is 4.84 Å². The molecule has 0 spiro atoms. The minimum Gasteiger partial charge on any atom is -0.310 e. The van der Waals surface area contributed by atoms with Gasteiger partial charge in [0.05, 0.1) is 12.3 Å². The van der Waals surface area contributed by atoms with Crippen molar-refractivity contribution < 1.29 is 4.84 Å². The maximum absolute atomic E-state index is 5.28. The Morgan fingerprint density at radius 3 is 3.35 bits per heavy atom. The molecule has 92 valence electrons. The molecule has 0 fully saturated rings. The van der Waals surface area contributed by atoms with Crippen LogP contribution in [0.3, 0.4) is 0 Å². The first-order valence-corrected chi connectivity index (χ1v) is 6.49. The Balaban J connectivity index is 2.08. The first-order chi connectivity index (χ1) is 8.33. The number of nitrogens with zero attached hydrogens (tertiary/aromatic N) is 1. The number of thiazole rings is 1. The summed E-state index contributed by atoms with van der Waals surface area (Å²) >= 11 is 1.69. The Hall–Kier alpha value is -1.17. The lowest BCUT2D eigenvalue weighted by Crippen LogP contribution is -2.36. The van der Waals surface area contributed by atoms with Gasteiger partial charge in [-0.25, -0.2) is 4.98 Å². The third-order valence-corrected chi connectivity index (χ3v) is 3.68. The fourth-order valence-corrected chi connectivity index (χ4v) is 2.63. The van der Waals surface area contributed by atoms with Crippen LogP contribution >= 0.6 is 11.3 Å². The van der Waals surface area contributed by atoms with Gasteiger partial charge >= 0.3 is 0 Å². The quantitative estimate of drug-likeness (QED) is 0.476. The highest BCUT2D eigenvalue weighted by Crippen LogP contribution is 2.28. The van der Waals surface area contributed by atoms with Crippen LogP contribution in [0.25, 0.3) is 0 Å². The summed E-state index contributed by atoms with van der Waals surface area (Å²) in [5.74, 6) is 0.346. The van der Waals surface area contributed by atoms with Crippen LogP contribution in [0, 0.1) is 0 Å². The van der Waals surface area contributed by atoms with Crippen molar-refractivity contribution in [2.24, 2.45) is 0 Å². The van der Waals surface area contributed by atoms with Gasteiger partial charge in [-0.05, 0) is 12.5 Å². The molecule has 0 radical (unpaired) electrons. The molecule has 0 saturated carbocycles. The highest BCUT2D eigenvalue weighted by molar-refractivity contribution is 7.09. The number of nitrogens with one attached hydrogen (secondary N) is 2. The van der Waals surface area contributed by atoms with Crippen LogP contribution in [0.2, 0.25) is 0 Å². The molecule has 2 N–H and O–H groups in total. The van der Waals surface area contributed by atoms with Crippen LogP contribution < -0.4 is 10.8 Å². The van der Waals surface area contributed by atoms with Crippen molar-refractivity contribution in [1.29, 1.82) is 0 Å². The molecule has 1 aliphatic rings. The van der Waals surface area contributed by atoms with E-state index in [-0.39, 0.29) is 0 Å². The molecular formula is C12H17N3OS. The van der Waals surface area contributed by atoms with Crippen molar-refractivity contribution in [2.75, 3.05) is 19.7 Å². The second-order valence-electron chi connectivity index (χ2n) is 3.92. The number of hydrogen-bond donors (Lipinski definition) is 2. The van der Waals surface area contributed by atoms with Crippen molar-refractivity contribution in [3.63, 3.8) is 0 Å². The summed E-state index contributed by atoms with van der Waals surface area (Å²) in [7, 11) is 0. The van der Waals surface area contributed by atoms with Crippen LogP contribution in [0.1, 0.15) is 17.8 Å². The van der Waals surface area contributed by atoms with E-state index < -0.39 is 0 Å². The zero-order valence-electron chi connectivity index (χ0n) is 9.90. The third-order valence-electron chi connectivity index (χ3n) is 2.80. The van der Waals surface area contributed by atoms with E-state index in [1.165, 1.54) is 5.57 Å². The summed E-state index contributed by atoms with van der Waals surface area (Å²) in [5, 5.41) is 6.53. The average molecular weight is 251 g/mol. The topological polar surface area (TPSA) is 46.2 Å². The maximum atomic E-state index is 5.28. The first-order valence-electron chi connectivity index (χ1n) is 5.61. The Kier molecular flexibility index (Phi) is 4.30. The molecule has 0 bridgehead atoms. The van der Waals surface area contributed by atoms with E-state index in [0.717, 1.165) is 23.8 Å². The van der Waals surface area contributed by atoms with Crippen LogP contribution in [-0.2, 0) is 4.84 Å². The lowest BCUT2D eigenvalue weighted by molar-refractivity contribution is 0.0822. The molecule has 4 nitrogen and oxygen atoms in total. The number of rotatable bonds is 5. The summed E-state index contributed by atoms with van der Waals surface area (Å²) in [6.45, 7) is 7.99. The van der Waals surface area contributed by atoms with E-state index in [1.807, 2.05) is 11.6 Å². The fourth-order valence-electron chi connectivity index (χ4n) is 1.83. The zero-order valence-corrected chi connectivity index (χ0v) is 10.7. The van der Waals surface area contributed by atoms with E-state index >= 15 is 0 Å². The van der Waals surface area contributed by atoms with E-state index in [9.17, 15) is 0 Å². The molecule has 1 aromatic rings. The van der Waals surface area contributed by atoms with Gasteiger partial charge in [0.1, 0.15) is 5.01 Å². The van der Waals surface area contributed by atoms with Crippen LogP contribution in [-0.4, -0.2) is 24.7 Å². The van der Waals surface area contributed by atoms with Gasteiger partial charge in [-0.2, -0.15) is 0 Å². The monoisotopic (exact) mass is 251 g/mol. The summed E-state index contributed by atoms with van der Waals surface area (Å²) in [4.78, 5) is 9.66. The smallest absolute Gasteiger partial charge is 0.101 e. The maximum Gasteiger partial charge on any atom is 0.101 e. The Morgan fingerprint density at radius 2 is 2.65 bits per heavy atom. The largest absolute Gasteiger partial charge is 0.310 e. The van der Waals surface area contributed by atoms with E-state index in [0.29, 0.717) is 12.5 Å². The summed E-state index contributed by atoms with van der Waals surface area (Å²) in [6.07, 6.45) is 3.57. The lowest BCUT2D eigenvalue weighted by atomic mass is 9.96. The molecule has 0 aromatic carbocycles. The second kappa shape index (κ2) is 5.95. The van der Waals surface area contributed by atoms with Gasteiger partial charge in [-0.15, -0.1) is 17.9 Å². The van der Waals surface area contributed by atoms with Gasteiger partial charge < -0.3 is 5.32 Å². The number of hydroxylamine groups is 1. The molecule has 1 atom stereocenters. The zero-order chi connectivity index (χ0) is 12.1. The second-order valence-corrected chi connectivity index (χ2v) is 4.84. The van der Waals surface area contributed by atoms with Gasteiger partial charge in [0.25, 0.3) is 0 Å². The van der Waals surface area contributed by atoms with Crippen molar-refractivity contribution >= 4 is 11.3 Å². The third kappa shape index (κ3) is 2.94. The standard InChI is InChI=1S/C12H17N3OS/c1-3-5-16-15-11-8-13-7-10(9(11)2)12-14-4-6-17-12/h3-4,6,10,13,15H,1,5,7-8H2,2H3. The molecule has 1 unspecified atom stereocenters. The van der Waals surface area contributed by atoms with Crippen molar-refractivity contribution in [2.45, 2.75) is 12.8 Å². The molecule has 1 aromatic heterocycles. The predicted molar refractivity (Wildman–Crippen MR) is 69.7 cm³/mol. The van der Waals surface area contributed by atoms with Gasteiger partial charge in [-0.1, -0.05) is 6.08 Å². The molecule has 2 rings (SSSR count). The minimum absolute atomic E-state index is 0.346. The summed E-state index contributed by atoms with van der Waals surface area (Å²) < 4.78 is 0. The van der Waals surface area contributed by atoms with Crippen LogP contribution in [0.4, 0.5) is 0 Å². The summed E-state index contributed by atoms with van der Waals surface area (Å²) in [6, 6.07) is 0. The van der Waals surface area contributed by atoms with Gasteiger partial charge in [0, 0.05) is 30.6 Å². The fraction of sp³-hybridized carbons (Fsp3) is 0.417. The Morgan fingerprint density at radius 1 is 1.76 bits per heavy atom. The van der Waals surface area contributed by atoms with Crippen molar-refractivity contribution in [1.82, 2.24) is 15.8 Å². The molecule has 2 heterocycles. The van der Waals surface area contributed by atoms with Crippen LogP contribution in [0.15, 0.2) is 35.5 Å². The summed E-state index contributed by atoms with van der Waals surface area (Å²) in [5.41, 5.74) is 5.38. The Bertz CT molecular complexity index is 400. The molecule has 1 aliphatic heterocycles. The normalized spacial score (nSPS) is 20.4. The number of aromatic nitrogens is 1. The first kappa shape index (κ1) is 12.3. The molecule has 0 amide bonds. The molecule has 0 saturated heterocycles. The predicted octanol–water partition coefficient (Wildman–Crippen LogP) is 1.81. The molecule has 0 aliphatic carbocycles. The SMILES string of the molecule is C=CCONC1=C(C)C(c2nccs2)CNC1. The van der Waals surface area contributed by atoms with Crippen LogP contribution in [0.5, 0.6) is 0 Å². The van der Waals surface area contributed by atoms with Crippen molar-refractivity contribution in [3.05, 3.63) is 40.5 Å². The van der Waals surface area contributed by atoms with Gasteiger partial charge in [0.15, 0.2) is 0 Å². The lowest BCUT2D eigenvalue weighted by Gasteiger charge is -2.26. The van der Waals surface area contributed by atoms with Gasteiger partial charge in [-0.3, -0.25) is 10.3 Å². The number of hydrogen-bond acceptors (Lipinski definition) is 5. The minimum atomic E-state index is 0.346. The highest BCUT2D eigenvalue weighted by atomic mass is 32.1. The average Bonchev–Trinajstić information content (AvgIpc) is 2.85. The van der Waals surface area contributed by atoms with Crippen molar-refractivity contribution in [3.8, 4) is 0 Å². The molecular weight excluding hydrogens is 234 g/mol. The Labute approximate surface area is 105 Å². The van der Waals surface area contributed by atoms with Gasteiger partial charge in [0.2, 0.25) is 0 Å². The van der Waals surface area contributed by atoms with E-state index in [2.05, 4.69) is 29.3 Å². The molecule has 5 heteroatoms. The molecule has 17 heavy (non-hydrogen) atoms. The highest BCUT2D eigenvalue weighted by Gasteiger charge is 2.23. The van der Waals surface area contributed by atoms with E-state index in [1.54, 1.807) is 17.4 Å².